The molecule has 0 atom stereocenters. The molecule has 76 valence electrons. The summed E-state index contributed by atoms with van der Waals surface area (Å²) in [6.07, 6.45) is 4.77. The zero-order chi connectivity index (χ0) is 10.8. The van der Waals surface area contributed by atoms with Crippen LogP contribution in [0.1, 0.15) is 18.2 Å². The van der Waals surface area contributed by atoms with Crippen LogP contribution in [0.5, 0.6) is 0 Å². The molecule has 0 spiro atoms. The van der Waals surface area contributed by atoms with Gasteiger partial charge in [-0.25, -0.2) is 9.97 Å². The van der Waals surface area contributed by atoms with Crippen LogP contribution in [-0.2, 0) is 6.42 Å². The first-order valence-corrected chi connectivity index (χ1v) is 5.82. The van der Waals surface area contributed by atoms with Gasteiger partial charge in [-0.05, 0) is 18.8 Å². The van der Waals surface area contributed by atoms with Gasteiger partial charge in [0, 0.05) is 6.42 Å². The smallest absolute Gasteiger partial charge is 0.189 e. The quantitative estimate of drug-likeness (QED) is 0.441. The van der Waals surface area contributed by atoms with Gasteiger partial charge in [-0.15, -0.1) is 0 Å². The molecule has 1 aliphatic carbocycles. The maximum atomic E-state index is 5.84. The monoisotopic (exact) mass is 217 g/mol. The van der Waals surface area contributed by atoms with Gasteiger partial charge in [-0.3, -0.25) is 0 Å². The Morgan fingerprint density at radius 1 is 1.40 bits per heavy atom. The third kappa shape index (κ3) is 1.97. The summed E-state index contributed by atoms with van der Waals surface area (Å²) < 4.78 is 0. The van der Waals surface area contributed by atoms with Crippen LogP contribution in [0.25, 0.3) is 0 Å². The summed E-state index contributed by atoms with van der Waals surface area (Å²) in [5, 5.41) is 0.709. The summed E-state index contributed by atoms with van der Waals surface area (Å²) in [6, 6.07) is 0. The van der Waals surface area contributed by atoms with Gasteiger partial charge in [0.05, 0.1) is 11.3 Å². The van der Waals surface area contributed by atoms with E-state index >= 15 is 0 Å². The minimum atomic E-state index is 0.486. The standard InChI is InChI=1S/C11H11N3S/c1-7-3-5-8-9(6-4-7)13-11(15-2)14-10(8)12/h4H,6H2,1-2H3,(H2,12,13,14). The fourth-order valence-corrected chi connectivity index (χ4v) is 1.73. The highest BCUT2D eigenvalue weighted by Crippen LogP contribution is 2.20. The maximum Gasteiger partial charge on any atom is 0.189 e. The molecule has 0 saturated carbocycles. The normalized spacial score (nSPS) is 13.3. The van der Waals surface area contributed by atoms with Crippen LogP contribution in [0, 0.1) is 11.8 Å². The molecule has 2 N–H and O–H groups in total. The molecule has 3 nitrogen and oxygen atoms in total. The predicted molar refractivity (Wildman–Crippen MR) is 62.6 cm³/mol. The summed E-state index contributed by atoms with van der Waals surface area (Å²) in [7, 11) is 0. The highest BCUT2D eigenvalue weighted by atomic mass is 32.2. The summed E-state index contributed by atoms with van der Waals surface area (Å²) in [5.74, 6) is 6.53. The van der Waals surface area contributed by atoms with Crippen LogP contribution >= 0.6 is 11.8 Å². The molecule has 0 bridgehead atoms. The summed E-state index contributed by atoms with van der Waals surface area (Å²) in [4.78, 5) is 8.59. The zero-order valence-corrected chi connectivity index (χ0v) is 9.48. The second-order valence-electron chi connectivity index (χ2n) is 3.26. The molecule has 0 aliphatic heterocycles. The van der Waals surface area contributed by atoms with Gasteiger partial charge in [0.25, 0.3) is 0 Å². The minimum absolute atomic E-state index is 0.486. The van der Waals surface area contributed by atoms with Crippen molar-refractivity contribution in [2.75, 3.05) is 12.0 Å². The summed E-state index contributed by atoms with van der Waals surface area (Å²) in [6.45, 7) is 1.98. The Kier molecular flexibility index (Phi) is 2.65. The maximum absolute atomic E-state index is 5.84. The van der Waals surface area contributed by atoms with Gasteiger partial charge in [-0.2, -0.15) is 0 Å². The first-order valence-electron chi connectivity index (χ1n) is 4.60. The molecular weight excluding hydrogens is 206 g/mol. The Labute approximate surface area is 93.2 Å². The van der Waals surface area contributed by atoms with Crippen molar-refractivity contribution in [3.05, 3.63) is 22.9 Å². The number of anilines is 1. The van der Waals surface area contributed by atoms with E-state index in [0.717, 1.165) is 23.3 Å². The molecule has 0 radical (unpaired) electrons. The van der Waals surface area contributed by atoms with Crippen LogP contribution in [0.3, 0.4) is 0 Å². The minimum Gasteiger partial charge on any atom is -0.383 e. The Morgan fingerprint density at radius 3 is 2.93 bits per heavy atom. The fraction of sp³-hybridized carbons (Fsp3) is 0.273. The lowest BCUT2D eigenvalue weighted by Gasteiger charge is -2.05. The molecule has 1 aliphatic rings. The number of rotatable bonds is 1. The Morgan fingerprint density at radius 2 is 2.20 bits per heavy atom. The molecule has 4 heteroatoms. The molecule has 0 unspecified atom stereocenters. The van der Waals surface area contributed by atoms with E-state index in [1.807, 2.05) is 13.2 Å². The molecule has 1 aromatic heterocycles. The average Bonchev–Trinajstić information content (AvgIpc) is 2.41. The molecule has 15 heavy (non-hydrogen) atoms. The second kappa shape index (κ2) is 3.95. The molecular formula is C11H11N3S. The second-order valence-corrected chi connectivity index (χ2v) is 4.03. The van der Waals surface area contributed by atoms with Gasteiger partial charge in [-0.1, -0.05) is 29.7 Å². The van der Waals surface area contributed by atoms with Crippen molar-refractivity contribution in [1.82, 2.24) is 9.97 Å². The van der Waals surface area contributed by atoms with Gasteiger partial charge in [0.1, 0.15) is 5.82 Å². The van der Waals surface area contributed by atoms with E-state index in [9.17, 15) is 0 Å². The van der Waals surface area contributed by atoms with E-state index in [1.54, 1.807) is 0 Å². The highest BCUT2D eigenvalue weighted by molar-refractivity contribution is 7.98. The van der Waals surface area contributed by atoms with Crippen molar-refractivity contribution in [3.8, 4) is 11.8 Å². The number of hydrogen-bond acceptors (Lipinski definition) is 4. The van der Waals surface area contributed by atoms with E-state index in [0.29, 0.717) is 11.0 Å². The van der Waals surface area contributed by atoms with E-state index in [-0.39, 0.29) is 0 Å². The zero-order valence-electron chi connectivity index (χ0n) is 8.66. The number of hydrogen-bond donors (Lipinski definition) is 1. The van der Waals surface area contributed by atoms with E-state index < -0.39 is 0 Å². The van der Waals surface area contributed by atoms with Crippen molar-refractivity contribution in [2.45, 2.75) is 18.5 Å². The number of nitrogen functional groups attached to an aromatic ring is 1. The highest BCUT2D eigenvalue weighted by Gasteiger charge is 2.10. The number of aromatic nitrogens is 2. The first-order chi connectivity index (χ1) is 7.20. The molecule has 0 aromatic carbocycles. The number of nitrogens with two attached hydrogens (primary N) is 1. The number of thioether (sulfide) groups is 1. The first kappa shape index (κ1) is 10.1. The third-order valence-corrected chi connectivity index (χ3v) is 2.71. The van der Waals surface area contributed by atoms with Gasteiger partial charge < -0.3 is 5.73 Å². The largest absolute Gasteiger partial charge is 0.383 e. The molecule has 2 rings (SSSR count). The number of nitrogens with zero attached hydrogens (tertiary/aromatic N) is 2. The number of allylic oxidation sites excluding steroid dienone is 2. The van der Waals surface area contributed by atoms with Crippen molar-refractivity contribution in [3.63, 3.8) is 0 Å². The molecule has 1 aromatic rings. The van der Waals surface area contributed by atoms with Crippen LogP contribution in [0.2, 0.25) is 0 Å². The molecule has 0 saturated heterocycles. The lowest BCUT2D eigenvalue weighted by atomic mass is 10.2. The lowest BCUT2D eigenvalue weighted by Crippen LogP contribution is -2.04. The van der Waals surface area contributed by atoms with E-state index in [1.165, 1.54) is 11.8 Å². The van der Waals surface area contributed by atoms with Gasteiger partial charge >= 0.3 is 0 Å². The Balaban J connectivity index is 2.57. The van der Waals surface area contributed by atoms with Crippen LogP contribution in [0.15, 0.2) is 16.8 Å². The van der Waals surface area contributed by atoms with Crippen molar-refractivity contribution >= 4 is 17.6 Å². The summed E-state index contributed by atoms with van der Waals surface area (Å²) in [5.41, 5.74) is 8.60. The van der Waals surface area contributed by atoms with E-state index in [2.05, 4.69) is 27.9 Å². The SMILES string of the molecule is CSc1nc(N)c2c(n1)CC=C(C)C#C2. The van der Waals surface area contributed by atoms with Crippen molar-refractivity contribution in [2.24, 2.45) is 0 Å². The number of fused-ring (bicyclic) bond motifs is 1. The fourth-order valence-electron chi connectivity index (χ4n) is 1.34. The van der Waals surface area contributed by atoms with Crippen LogP contribution in [0.4, 0.5) is 5.82 Å². The van der Waals surface area contributed by atoms with Crippen molar-refractivity contribution in [1.29, 1.82) is 0 Å². The average molecular weight is 217 g/mol. The van der Waals surface area contributed by atoms with Crippen LogP contribution in [-0.4, -0.2) is 16.2 Å². The Bertz CT molecular complexity index is 495. The van der Waals surface area contributed by atoms with E-state index in [4.69, 9.17) is 5.73 Å². The topological polar surface area (TPSA) is 51.8 Å². The van der Waals surface area contributed by atoms with Crippen LogP contribution < -0.4 is 5.73 Å². The Hall–Kier alpha value is -1.47. The third-order valence-electron chi connectivity index (χ3n) is 2.16. The molecule has 1 heterocycles. The molecule has 0 amide bonds. The van der Waals surface area contributed by atoms with Gasteiger partial charge in [0.2, 0.25) is 0 Å². The van der Waals surface area contributed by atoms with Gasteiger partial charge in [0.15, 0.2) is 5.16 Å². The lowest BCUT2D eigenvalue weighted by molar-refractivity contribution is 0.914. The summed E-state index contributed by atoms with van der Waals surface area (Å²) >= 11 is 1.49. The predicted octanol–water partition coefficient (Wildman–Crippen LogP) is 1.63. The van der Waals surface area contributed by atoms with Crippen molar-refractivity contribution < 1.29 is 0 Å². The molecule has 0 fully saturated rings.